The van der Waals surface area contributed by atoms with Gasteiger partial charge in [0.05, 0.1) is 0 Å². The zero-order valence-electron chi connectivity index (χ0n) is 8.97. The van der Waals surface area contributed by atoms with Crippen LogP contribution in [0.2, 0.25) is 11.6 Å². The molecule has 0 nitrogen and oxygen atoms in total. The molecule has 1 fully saturated rings. The Labute approximate surface area is 83.4 Å². The Morgan fingerprint density at radius 2 is 2.38 bits per heavy atom. The number of allylic oxidation sites excluding steroid dienone is 3. The normalized spacial score (nSPS) is 28.6. The summed E-state index contributed by atoms with van der Waals surface area (Å²) >= 11 is 0. The first-order chi connectivity index (χ1) is 6.23. The molecule has 1 rings (SSSR count). The summed E-state index contributed by atoms with van der Waals surface area (Å²) in [5, 5.41) is 0.330. The summed E-state index contributed by atoms with van der Waals surface area (Å²) in [7, 11) is 2.45. The minimum Gasteiger partial charge on any atom is -0.0988 e. The predicted molar refractivity (Wildman–Crippen MR) is 61.4 cm³/mol. The van der Waals surface area contributed by atoms with Gasteiger partial charge in [-0.15, -0.1) is 0 Å². The molecule has 0 amide bonds. The van der Waals surface area contributed by atoms with Gasteiger partial charge in [-0.2, -0.15) is 0 Å². The van der Waals surface area contributed by atoms with Crippen molar-refractivity contribution < 1.29 is 0 Å². The second-order valence-corrected chi connectivity index (χ2v) is 4.17. The van der Waals surface area contributed by atoms with Crippen LogP contribution in [0.1, 0.15) is 39.5 Å². The van der Waals surface area contributed by atoms with Crippen LogP contribution in [0.25, 0.3) is 0 Å². The van der Waals surface area contributed by atoms with Crippen molar-refractivity contribution in [1.82, 2.24) is 0 Å². The fraction of sp³-hybridized carbons (Fsp3) is 0.667. The Morgan fingerprint density at radius 3 is 2.85 bits per heavy atom. The quantitative estimate of drug-likeness (QED) is 0.447. The molecule has 1 atom stereocenters. The predicted octanol–water partition coefficient (Wildman–Crippen LogP) is 3.99. The van der Waals surface area contributed by atoms with E-state index >= 15 is 0 Å². The third-order valence-corrected chi connectivity index (χ3v) is 3.03. The van der Waals surface area contributed by atoms with Crippen LogP contribution in [-0.2, 0) is 0 Å². The first kappa shape index (κ1) is 10.6. The Hall–Kier alpha value is -0.455. The third-order valence-electron chi connectivity index (χ3n) is 3.03. The number of rotatable bonds is 4. The van der Waals surface area contributed by atoms with Crippen molar-refractivity contribution in [2.45, 2.75) is 51.2 Å². The fourth-order valence-corrected chi connectivity index (χ4v) is 2.10. The summed E-state index contributed by atoms with van der Waals surface area (Å²) in [5.74, 6) is 0. The number of hydrogen-bond donors (Lipinski definition) is 0. The van der Waals surface area contributed by atoms with Crippen LogP contribution in [0.4, 0.5) is 0 Å². The van der Waals surface area contributed by atoms with Crippen molar-refractivity contribution in [1.29, 1.82) is 0 Å². The van der Waals surface area contributed by atoms with E-state index in [1.807, 2.05) is 6.08 Å². The van der Waals surface area contributed by atoms with Crippen molar-refractivity contribution in [3.05, 3.63) is 24.3 Å². The van der Waals surface area contributed by atoms with Crippen LogP contribution in [0.15, 0.2) is 24.3 Å². The van der Waals surface area contributed by atoms with E-state index in [0.29, 0.717) is 5.31 Å². The third kappa shape index (κ3) is 2.49. The highest BCUT2D eigenvalue weighted by atomic mass is 14.2. The lowest BCUT2D eigenvalue weighted by Crippen LogP contribution is -2.12. The van der Waals surface area contributed by atoms with Gasteiger partial charge in [0.25, 0.3) is 0 Å². The summed E-state index contributed by atoms with van der Waals surface area (Å²) in [6.07, 6.45) is 10.7. The molecule has 0 bridgehead atoms. The smallest absolute Gasteiger partial charge is 0.0988 e. The van der Waals surface area contributed by atoms with E-state index in [-0.39, 0.29) is 0 Å². The molecule has 71 valence electrons. The second kappa shape index (κ2) is 4.69. The van der Waals surface area contributed by atoms with Crippen LogP contribution in [0, 0.1) is 0 Å². The van der Waals surface area contributed by atoms with E-state index in [1.165, 1.54) is 37.6 Å². The standard InChI is InChI=1S/C12H20B/c1-4-6-8-11(5-2)12(3)9-7-10-13-12/h5,8H,2,4,6-7,9-10H2,1,3H3/b11-8+. The summed E-state index contributed by atoms with van der Waals surface area (Å²) < 4.78 is 0. The molecule has 1 aliphatic heterocycles. The van der Waals surface area contributed by atoms with Crippen molar-refractivity contribution in [2.75, 3.05) is 0 Å². The van der Waals surface area contributed by atoms with Crippen molar-refractivity contribution in [3.63, 3.8) is 0 Å². The molecular formula is C12H20B. The minimum absolute atomic E-state index is 0.330. The van der Waals surface area contributed by atoms with Crippen LogP contribution in [0.3, 0.4) is 0 Å². The van der Waals surface area contributed by atoms with Gasteiger partial charge >= 0.3 is 0 Å². The molecule has 0 saturated carbocycles. The minimum atomic E-state index is 0.330. The van der Waals surface area contributed by atoms with Crippen LogP contribution < -0.4 is 0 Å². The lowest BCUT2D eigenvalue weighted by atomic mass is 9.52. The van der Waals surface area contributed by atoms with Gasteiger partial charge in [0.15, 0.2) is 0 Å². The fourth-order valence-electron chi connectivity index (χ4n) is 2.10. The average molecular weight is 175 g/mol. The van der Waals surface area contributed by atoms with Crippen molar-refractivity contribution in [3.8, 4) is 0 Å². The first-order valence-corrected chi connectivity index (χ1v) is 5.40. The second-order valence-electron chi connectivity index (χ2n) is 4.17. The van der Waals surface area contributed by atoms with E-state index < -0.39 is 0 Å². The lowest BCUT2D eigenvalue weighted by molar-refractivity contribution is 0.672. The molecule has 13 heavy (non-hydrogen) atoms. The van der Waals surface area contributed by atoms with Crippen LogP contribution >= 0.6 is 0 Å². The molecule has 0 aromatic heterocycles. The summed E-state index contributed by atoms with van der Waals surface area (Å²) in [6, 6.07) is 0. The topological polar surface area (TPSA) is 0 Å². The molecule has 1 aliphatic rings. The first-order valence-electron chi connectivity index (χ1n) is 5.40. The average Bonchev–Trinajstić information content (AvgIpc) is 2.54. The van der Waals surface area contributed by atoms with Gasteiger partial charge in [0.1, 0.15) is 7.28 Å². The van der Waals surface area contributed by atoms with Crippen LogP contribution in [0.5, 0.6) is 0 Å². The van der Waals surface area contributed by atoms with Gasteiger partial charge in [0.2, 0.25) is 0 Å². The zero-order valence-corrected chi connectivity index (χ0v) is 8.97. The van der Waals surface area contributed by atoms with E-state index in [0.717, 1.165) is 0 Å². The maximum absolute atomic E-state index is 3.92. The monoisotopic (exact) mass is 175 g/mol. The highest BCUT2D eigenvalue weighted by Gasteiger charge is 2.31. The summed E-state index contributed by atoms with van der Waals surface area (Å²) in [6.45, 7) is 8.47. The molecule has 1 heterocycles. The summed E-state index contributed by atoms with van der Waals surface area (Å²) in [5.41, 5.74) is 1.44. The molecule has 1 unspecified atom stereocenters. The van der Waals surface area contributed by atoms with Gasteiger partial charge in [0, 0.05) is 0 Å². The molecule has 1 heteroatoms. The van der Waals surface area contributed by atoms with Gasteiger partial charge in [-0.25, -0.2) is 0 Å². The molecular weight excluding hydrogens is 155 g/mol. The van der Waals surface area contributed by atoms with Gasteiger partial charge in [-0.1, -0.05) is 63.7 Å². The molecule has 0 spiro atoms. The largest absolute Gasteiger partial charge is 0.123 e. The van der Waals surface area contributed by atoms with Gasteiger partial charge in [-0.05, 0) is 11.7 Å². The molecule has 0 aromatic rings. The van der Waals surface area contributed by atoms with Gasteiger partial charge in [-0.3, -0.25) is 0 Å². The Balaban J connectivity index is 2.69. The number of unbranched alkanes of at least 4 members (excludes halogenated alkanes) is 1. The molecule has 0 N–H and O–H groups in total. The SMILES string of the molecule is C=C/C(=C\CCC)C1(C)[B]CCC1. The van der Waals surface area contributed by atoms with E-state index in [4.69, 9.17) is 0 Å². The van der Waals surface area contributed by atoms with E-state index in [9.17, 15) is 0 Å². The maximum Gasteiger partial charge on any atom is 0.123 e. The lowest BCUT2D eigenvalue weighted by Gasteiger charge is -2.25. The number of hydrogen-bond acceptors (Lipinski definition) is 0. The summed E-state index contributed by atoms with van der Waals surface area (Å²) in [4.78, 5) is 0. The van der Waals surface area contributed by atoms with E-state index in [1.54, 1.807) is 0 Å². The van der Waals surface area contributed by atoms with Crippen LogP contribution in [-0.4, -0.2) is 7.28 Å². The maximum atomic E-state index is 3.92. The van der Waals surface area contributed by atoms with E-state index in [2.05, 4.69) is 33.8 Å². The highest BCUT2D eigenvalue weighted by Crippen LogP contribution is 2.45. The van der Waals surface area contributed by atoms with Crippen molar-refractivity contribution >= 4 is 7.28 Å². The Morgan fingerprint density at radius 1 is 1.62 bits per heavy atom. The zero-order chi connectivity index (χ0) is 9.73. The molecule has 1 saturated heterocycles. The molecule has 0 aromatic carbocycles. The Kier molecular flexibility index (Phi) is 3.83. The van der Waals surface area contributed by atoms with Crippen molar-refractivity contribution in [2.24, 2.45) is 0 Å². The molecule has 0 aliphatic carbocycles. The Bertz CT molecular complexity index is 197. The van der Waals surface area contributed by atoms with Gasteiger partial charge < -0.3 is 0 Å². The highest BCUT2D eigenvalue weighted by molar-refractivity contribution is 6.42. The molecule has 1 radical (unpaired) electrons.